The summed E-state index contributed by atoms with van der Waals surface area (Å²) < 4.78 is 27.4. The molecule has 4 rings (SSSR count). The molecule has 0 aliphatic rings. The third-order valence-electron chi connectivity index (χ3n) is 5.47. The lowest BCUT2D eigenvalue weighted by Gasteiger charge is -2.07. The molecule has 0 aliphatic carbocycles. The summed E-state index contributed by atoms with van der Waals surface area (Å²) in [6.07, 6.45) is 1.62. The molecule has 35 heavy (non-hydrogen) atoms. The van der Waals surface area contributed by atoms with Crippen LogP contribution in [0, 0.1) is 11.3 Å². The van der Waals surface area contributed by atoms with E-state index in [-0.39, 0.29) is 5.88 Å². The van der Waals surface area contributed by atoms with Crippen LogP contribution in [-0.4, -0.2) is 34.7 Å². The Bertz CT molecular complexity index is 1380. The molecule has 176 valence electrons. The Morgan fingerprint density at radius 1 is 0.743 bits per heavy atom. The first-order valence-electron chi connectivity index (χ1n) is 10.7. The van der Waals surface area contributed by atoms with Crippen molar-refractivity contribution in [1.29, 1.82) is 5.26 Å². The minimum atomic E-state index is 0.207. The van der Waals surface area contributed by atoms with Crippen molar-refractivity contribution in [2.75, 3.05) is 28.4 Å². The van der Waals surface area contributed by atoms with Crippen molar-refractivity contribution >= 4 is 12.1 Å². The van der Waals surface area contributed by atoms with Crippen molar-refractivity contribution in [2.45, 2.75) is 0 Å². The standard InChI is InChI=1S/C28H24N2O5/c1-31-21-10-6-19(7-11-21)26-23(16-29)28(35-27(26)20-8-12-22(32-2)13-9-20)30-17-18-5-14-24(33-3)25(15-18)34-4/h5-15,17H,1-4H3/b30-17+. The topological polar surface area (TPSA) is 86.2 Å². The molecular weight excluding hydrogens is 444 g/mol. The van der Waals surface area contributed by atoms with Crippen molar-refractivity contribution < 1.29 is 23.4 Å². The summed E-state index contributed by atoms with van der Waals surface area (Å²) in [5.74, 6) is 3.37. The van der Waals surface area contributed by atoms with E-state index in [0.29, 0.717) is 34.1 Å². The van der Waals surface area contributed by atoms with E-state index in [0.717, 1.165) is 22.4 Å². The number of hydrogen-bond acceptors (Lipinski definition) is 7. The fourth-order valence-corrected chi connectivity index (χ4v) is 3.66. The number of nitrogens with zero attached hydrogens (tertiary/aromatic N) is 2. The van der Waals surface area contributed by atoms with Gasteiger partial charge >= 0.3 is 0 Å². The zero-order chi connectivity index (χ0) is 24.8. The van der Waals surface area contributed by atoms with Gasteiger partial charge in [-0.3, -0.25) is 0 Å². The highest BCUT2D eigenvalue weighted by atomic mass is 16.5. The molecule has 0 unspecified atom stereocenters. The summed E-state index contributed by atoms with van der Waals surface area (Å²) in [5.41, 5.74) is 3.35. The molecule has 1 heterocycles. The van der Waals surface area contributed by atoms with Gasteiger partial charge in [-0.2, -0.15) is 5.26 Å². The summed E-state index contributed by atoms with van der Waals surface area (Å²) >= 11 is 0. The normalized spacial score (nSPS) is 10.7. The highest BCUT2D eigenvalue weighted by Gasteiger charge is 2.23. The number of hydrogen-bond donors (Lipinski definition) is 0. The van der Waals surface area contributed by atoms with Crippen molar-refractivity contribution in [3.05, 3.63) is 77.9 Å². The molecule has 0 N–H and O–H groups in total. The maximum atomic E-state index is 10.1. The van der Waals surface area contributed by atoms with Gasteiger partial charge in [-0.15, -0.1) is 0 Å². The molecule has 0 atom stereocenters. The van der Waals surface area contributed by atoms with Gasteiger partial charge in [-0.1, -0.05) is 12.1 Å². The summed E-state index contributed by atoms with van der Waals surface area (Å²) in [6, 6.07) is 22.6. The van der Waals surface area contributed by atoms with Gasteiger partial charge in [0.25, 0.3) is 0 Å². The van der Waals surface area contributed by atoms with Gasteiger partial charge in [-0.05, 0) is 65.7 Å². The summed E-state index contributed by atoms with van der Waals surface area (Å²) in [5, 5.41) is 10.1. The largest absolute Gasteiger partial charge is 0.497 e. The maximum Gasteiger partial charge on any atom is 0.238 e. The number of rotatable bonds is 8. The van der Waals surface area contributed by atoms with Gasteiger partial charge in [0.05, 0.1) is 28.4 Å². The molecule has 0 radical (unpaired) electrons. The van der Waals surface area contributed by atoms with Crippen molar-refractivity contribution in [2.24, 2.45) is 4.99 Å². The Morgan fingerprint density at radius 2 is 1.34 bits per heavy atom. The smallest absolute Gasteiger partial charge is 0.238 e. The molecule has 0 spiro atoms. The highest BCUT2D eigenvalue weighted by Crippen LogP contribution is 2.43. The van der Waals surface area contributed by atoms with Crippen LogP contribution in [0.25, 0.3) is 22.5 Å². The Hall–Kier alpha value is -4.70. The SMILES string of the molecule is COc1ccc(-c2oc(/N=C/c3ccc(OC)c(OC)c3)c(C#N)c2-c2ccc(OC)cc2)cc1. The van der Waals surface area contributed by atoms with Crippen LogP contribution in [-0.2, 0) is 0 Å². The average Bonchev–Trinajstić information content (AvgIpc) is 3.30. The van der Waals surface area contributed by atoms with Crippen LogP contribution in [0.2, 0.25) is 0 Å². The summed E-state index contributed by atoms with van der Waals surface area (Å²) in [6.45, 7) is 0. The lowest BCUT2D eigenvalue weighted by atomic mass is 9.98. The molecule has 4 aromatic rings. The minimum absolute atomic E-state index is 0.207. The van der Waals surface area contributed by atoms with Gasteiger partial charge in [-0.25, -0.2) is 4.99 Å². The lowest BCUT2D eigenvalue weighted by molar-refractivity contribution is 0.355. The third-order valence-corrected chi connectivity index (χ3v) is 5.47. The van der Waals surface area contributed by atoms with E-state index in [4.69, 9.17) is 23.4 Å². The number of nitriles is 1. The Morgan fingerprint density at radius 3 is 1.89 bits per heavy atom. The number of furan rings is 1. The lowest BCUT2D eigenvalue weighted by Crippen LogP contribution is -1.92. The Balaban J connectivity index is 1.84. The van der Waals surface area contributed by atoms with E-state index in [2.05, 4.69) is 11.1 Å². The Kier molecular flexibility index (Phi) is 7.03. The van der Waals surface area contributed by atoms with Crippen molar-refractivity contribution in [1.82, 2.24) is 0 Å². The molecule has 0 aliphatic heterocycles. The Labute approximate surface area is 203 Å². The fraction of sp³-hybridized carbons (Fsp3) is 0.143. The zero-order valence-corrected chi connectivity index (χ0v) is 19.9. The van der Waals surface area contributed by atoms with E-state index >= 15 is 0 Å². The molecule has 1 aromatic heterocycles. The molecule has 7 heteroatoms. The summed E-state index contributed by atoms with van der Waals surface area (Å²) in [4.78, 5) is 4.52. The fourth-order valence-electron chi connectivity index (χ4n) is 3.66. The third kappa shape index (κ3) is 4.82. The number of methoxy groups -OCH3 is 4. The summed E-state index contributed by atoms with van der Waals surface area (Å²) in [7, 11) is 6.37. The quantitative estimate of drug-likeness (QED) is 0.283. The predicted octanol–water partition coefficient (Wildman–Crippen LogP) is 6.27. The van der Waals surface area contributed by atoms with Crippen LogP contribution in [0.4, 0.5) is 5.88 Å². The van der Waals surface area contributed by atoms with Gasteiger partial charge in [0, 0.05) is 17.3 Å². The average molecular weight is 469 g/mol. The maximum absolute atomic E-state index is 10.1. The van der Waals surface area contributed by atoms with Gasteiger partial charge in [0.2, 0.25) is 5.88 Å². The van der Waals surface area contributed by atoms with E-state index in [1.165, 1.54) is 0 Å². The van der Waals surface area contributed by atoms with E-state index < -0.39 is 0 Å². The second kappa shape index (κ2) is 10.5. The zero-order valence-electron chi connectivity index (χ0n) is 19.9. The van der Waals surface area contributed by atoms with Crippen LogP contribution < -0.4 is 18.9 Å². The first-order chi connectivity index (χ1) is 17.1. The number of ether oxygens (including phenoxy) is 4. The molecule has 0 fully saturated rings. The molecule has 0 amide bonds. The first-order valence-corrected chi connectivity index (χ1v) is 10.7. The molecule has 0 bridgehead atoms. The minimum Gasteiger partial charge on any atom is -0.497 e. The predicted molar refractivity (Wildman–Crippen MR) is 134 cm³/mol. The van der Waals surface area contributed by atoms with E-state index in [1.54, 1.807) is 46.8 Å². The monoisotopic (exact) mass is 468 g/mol. The van der Waals surface area contributed by atoms with Crippen molar-refractivity contribution in [3.63, 3.8) is 0 Å². The number of benzene rings is 3. The molecule has 0 saturated heterocycles. The molecule has 0 saturated carbocycles. The second-order valence-corrected chi connectivity index (χ2v) is 7.43. The highest BCUT2D eigenvalue weighted by molar-refractivity contribution is 5.90. The van der Waals surface area contributed by atoms with E-state index in [9.17, 15) is 5.26 Å². The molecule has 3 aromatic carbocycles. The van der Waals surface area contributed by atoms with Gasteiger partial charge < -0.3 is 23.4 Å². The van der Waals surface area contributed by atoms with Crippen molar-refractivity contribution in [3.8, 4) is 51.5 Å². The molecule has 7 nitrogen and oxygen atoms in total. The number of aliphatic imine (C=N–C) groups is 1. The van der Waals surface area contributed by atoms with Crippen LogP contribution in [0.5, 0.6) is 23.0 Å². The van der Waals surface area contributed by atoms with E-state index in [1.807, 2.05) is 54.6 Å². The van der Waals surface area contributed by atoms with Crippen LogP contribution in [0.1, 0.15) is 11.1 Å². The van der Waals surface area contributed by atoms with Gasteiger partial charge in [0.15, 0.2) is 11.5 Å². The first kappa shape index (κ1) is 23.5. The van der Waals surface area contributed by atoms with Crippen LogP contribution in [0.15, 0.2) is 76.1 Å². The van der Waals surface area contributed by atoms with Crippen LogP contribution >= 0.6 is 0 Å². The van der Waals surface area contributed by atoms with Crippen LogP contribution in [0.3, 0.4) is 0 Å². The molecular formula is C28H24N2O5. The second-order valence-electron chi connectivity index (χ2n) is 7.43. The van der Waals surface area contributed by atoms with Gasteiger partial charge in [0.1, 0.15) is 28.9 Å².